The standard InChI is InChI=1S/C20H15ClN2O2/c21-16-9-8-14(18-15(16)11-22-20(18)25)19-13(6-3-4-10-24)12-5-1-2-7-17(12)23-19/h1-2,5,7-9,23-24H,4,10-11H2,(H,22,25). The minimum Gasteiger partial charge on any atom is -0.395 e. The molecule has 0 saturated carbocycles. The lowest BCUT2D eigenvalue weighted by Gasteiger charge is -2.07. The lowest BCUT2D eigenvalue weighted by atomic mass is 9.97. The van der Waals surface area contributed by atoms with Gasteiger partial charge in [-0.2, -0.15) is 0 Å². The molecular formula is C20H15ClN2O2. The normalized spacial score (nSPS) is 12.6. The second-order valence-corrected chi connectivity index (χ2v) is 6.23. The molecule has 0 bridgehead atoms. The molecule has 0 fully saturated rings. The van der Waals surface area contributed by atoms with Crippen LogP contribution in [0.5, 0.6) is 0 Å². The Morgan fingerprint density at radius 2 is 2.04 bits per heavy atom. The number of halogens is 1. The molecule has 4 nitrogen and oxygen atoms in total. The van der Waals surface area contributed by atoms with E-state index in [1.807, 2.05) is 36.4 Å². The minimum atomic E-state index is -0.125. The number of hydrogen-bond acceptors (Lipinski definition) is 2. The number of aliphatic hydroxyl groups is 1. The first-order chi connectivity index (χ1) is 12.2. The van der Waals surface area contributed by atoms with Gasteiger partial charge in [-0.25, -0.2) is 0 Å². The molecule has 1 amide bonds. The summed E-state index contributed by atoms with van der Waals surface area (Å²) in [6, 6.07) is 11.5. The summed E-state index contributed by atoms with van der Waals surface area (Å²) in [5, 5.41) is 13.4. The van der Waals surface area contributed by atoms with Crippen molar-refractivity contribution in [1.29, 1.82) is 0 Å². The van der Waals surface area contributed by atoms with Gasteiger partial charge in [-0.3, -0.25) is 4.79 Å². The van der Waals surface area contributed by atoms with E-state index in [1.54, 1.807) is 0 Å². The smallest absolute Gasteiger partial charge is 0.252 e. The zero-order valence-electron chi connectivity index (χ0n) is 13.3. The summed E-state index contributed by atoms with van der Waals surface area (Å²) in [7, 11) is 0. The van der Waals surface area contributed by atoms with Crippen LogP contribution in [-0.2, 0) is 6.54 Å². The first-order valence-corrected chi connectivity index (χ1v) is 8.39. The molecule has 0 atom stereocenters. The fraction of sp³-hybridized carbons (Fsp3) is 0.150. The molecule has 1 aromatic heterocycles. The number of aromatic nitrogens is 1. The fourth-order valence-corrected chi connectivity index (χ4v) is 3.42. The number of carbonyl (C=O) groups excluding carboxylic acids is 1. The van der Waals surface area contributed by atoms with Crippen molar-refractivity contribution < 1.29 is 9.90 Å². The summed E-state index contributed by atoms with van der Waals surface area (Å²) in [6.07, 6.45) is 0.401. The molecule has 2 aromatic carbocycles. The summed E-state index contributed by atoms with van der Waals surface area (Å²) in [4.78, 5) is 15.7. The average Bonchev–Trinajstić information content (AvgIpc) is 3.18. The third-order valence-electron chi connectivity index (χ3n) is 4.33. The van der Waals surface area contributed by atoms with Crippen LogP contribution >= 0.6 is 11.6 Å². The largest absolute Gasteiger partial charge is 0.395 e. The van der Waals surface area contributed by atoms with E-state index >= 15 is 0 Å². The molecule has 124 valence electrons. The topological polar surface area (TPSA) is 65.1 Å². The van der Waals surface area contributed by atoms with Crippen LogP contribution < -0.4 is 5.32 Å². The predicted molar refractivity (Wildman–Crippen MR) is 98.5 cm³/mol. The molecule has 1 aliphatic heterocycles. The van der Waals surface area contributed by atoms with Crippen LogP contribution in [0.15, 0.2) is 36.4 Å². The number of hydrogen-bond donors (Lipinski definition) is 3. The fourth-order valence-electron chi connectivity index (χ4n) is 3.20. The van der Waals surface area contributed by atoms with Gasteiger partial charge in [0, 0.05) is 40.0 Å². The van der Waals surface area contributed by atoms with E-state index in [9.17, 15) is 4.79 Å². The Labute approximate surface area is 149 Å². The highest BCUT2D eigenvalue weighted by molar-refractivity contribution is 6.32. The summed E-state index contributed by atoms with van der Waals surface area (Å²) < 4.78 is 0. The van der Waals surface area contributed by atoms with Crippen molar-refractivity contribution in [3.05, 3.63) is 58.1 Å². The lowest BCUT2D eigenvalue weighted by Crippen LogP contribution is -2.13. The van der Waals surface area contributed by atoms with Gasteiger partial charge >= 0.3 is 0 Å². The Morgan fingerprint density at radius 1 is 1.20 bits per heavy atom. The van der Waals surface area contributed by atoms with Crippen molar-refractivity contribution in [2.45, 2.75) is 13.0 Å². The molecule has 25 heavy (non-hydrogen) atoms. The van der Waals surface area contributed by atoms with Crippen molar-refractivity contribution in [1.82, 2.24) is 10.3 Å². The highest BCUT2D eigenvalue weighted by Gasteiger charge is 2.27. The first kappa shape index (κ1) is 15.8. The highest BCUT2D eigenvalue weighted by atomic mass is 35.5. The SMILES string of the molecule is O=C1NCc2c(Cl)ccc(-c3[nH]c4ccccc4c3C#CCCO)c21. The van der Waals surface area contributed by atoms with Gasteiger partial charge in [-0.15, -0.1) is 0 Å². The van der Waals surface area contributed by atoms with Crippen molar-refractivity contribution >= 4 is 28.4 Å². The molecule has 3 N–H and O–H groups in total. The maximum Gasteiger partial charge on any atom is 0.252 e. The monoisotopic (exact) mass is 350 g/mol. The number of aromatic amines is 1. The van der Waals surface area contributed by atoms with Gasteiger partial charge in [0.15, 0.2) is 0 Å². The van der Waals surface area contributed by atoms with E-state index in [-0.39, 0.29) is 12.5 Å². The van der Waals surface area contributed by atoms with Crippen LogP contribution in [0.3, 0.4) is 0 Å². The Hall–Kier alpha value is -2.74. The summed E-state index contributed by atoms with van der Waals surface area (Å²) in [5.41, 5.74) is 4.79. The average molecular weight is 351 g/mol. The van der Waals surface area contributed by atoms with Crippen molar-refractivity contribution in [2.75, 3.05) is 6.61 Å². The van der Waals surface area contributed by atoms with Gasteiger partial charge in [-0.1, -0.05) is 47.7 Å². The van der Waals surface area contributed by atoms with Crippen LogP contribution in [0.1, 0.15) is 27.9 Å². The minimum absolute atomic E-state index is 0.0173. The third-order valence-corrected chi connectivity index (χ3v) is 4.69. The third kappa shape index (κ3) is 2.58. The zero-order valence-corrected chi connectivity index (χ0v) is 14.1. The van der Waals surface area contributed by atoms with E-state index in [0.717, 1.165) is 33.3 Å². The van der Waals surface area contributed by atoms with Gasteiger partial charge < -0.3 is 15.4 Å². The number of H-pyrrole nitrogens is 1. The van der Waals surface area contributed by atoms with Gasteiger partial charge in [-0.05, 0) is 12.1 Å². The molecular weight excluding hydrogens is 336 g/mol. The second-order valence-electron chi connectivity index (χ2n) is 5.83. The van der Waals surface area contributed by atoms with E-state index in [2.05, 4.69) is 22.1 Å². The summed E-state index contributed by atoms with van der Waals surface area (Å²) >= 11 is 6.26. The van der Waals surface area contributed by atoms with E-state index in [1.165, 1.54) is 0 Å². The highest BCUT2D eigenvalue weighted by Crippen LogP contribution is 2.37. The van der Waals surface area contributed by atoms with Gasteiger partial charge in [0.25, 0.3) is 5.91 Å². The van der Waals surface area contributed by atoms with Crippen LogP contribution in [0.2, 0.25) is 5.02 Å². The summed E-state index contributed by atoms with van der Waals surface area (Å²) in [6.45, 7) is 0.454. The molecule has 5 heteroatoms. The van der Waals surface area contributed by atoms with Gasteiger partial charge in [0.05, 0.1) is 23.4 Å². The maximum absolute atomic E-state index is 12.3. The molecule has 2 heterocycles. The zero-order chi connectivity index (χ0) is 17.4. The van der Waals surface area contributed by atoms with Crippen LogP contribution in [0.25, 0.3) is 22.2 Å². The van der Waals surface area contributed by atoms with Gasteiger partial charge in [0.2, 0.25) is 0 Å². The number of aliphatic hydroxyl groups excluding tert-OH is 1. The van der Waals surface area contributed by atoms with E-state index < -0.39 is 0 Å². The van der Waals surface area contributed by atoms with E-state index in [0.29, 0.717) is 23.6 Å². The van der Waals surface area contributed by atoms with Crippen LogP contribution in [0, 0.1) is 11.8 Å². The summed E-state index contributed by atoms with van der Waals surface area (Å²) in [5.74, 6) is 6.01. The number of carbonyl (C=O) groups is 1. The molecule has 0 radical (unpaired) electrons. The number of nitrogens with one attached hydrogen (secondary N) is 2. The van der Waals surface area contributed by atoms with Crippen molar-refractivity contribution in [3.63, 3.8) is 0 Å². The quantitative estimate of drug-likeness (QED) is 0.620. The van der Waals surface area contributed by atoms with Crippen LogP contribution in [-0.4, -0.2) is 22.6 Å². The predicted octanol–water partition coefficient (Wildman–Crippen LogP) is 3.47. The molecule has 0 spiro atoms. The number of para-hydroxylation sites is 1. The molecule has 0 aliphatic carbocycles. The molecule has 0 saturated heterocycles. The number of benzene rings is 2. The number of fused-ring (bicyclic) bond motifs is 2. The molecule has 3 aromatic rings. The Kier molecular flexibility index (Phi) is 3.96. The molecule has 0 unspecified atom stereocenters. The Balaban J connectivity index is 2.00. The Morgan fingerprint density at radius 3 is 2.88 bits per heavy atom. The Bertz CT molecular complexity index is 1060. The number of amides is 1. The molecule has 1 aliphatic rings. The van der Waals surface area contributed by atoms with Gasteiger partial charge in [0.1, 0.15) is 0 Å². The first-order valence-electron chi connectivity index (χ1n) is 8.01. The van der Waals surface area contributed by atoms with Crippen LogP contribution in [0.4, 0.5) is 0 Å². The second kappa shape index (κ2) is 6.29. The molecule has 4 rings (SSSR count). The number of rotatable bonds is 2. The maximum atomic E-state index is 12.3. The van der Waals surface area contributed by atoms with Crippen molar-refractivity contribution in [3.8, 4) is 23.1 Å². The van der Waals surface area contributed by atoms with E-state index in [4.69, 9.17) is 16.7 Å². The van der Waals surface area contributed by atoms with Crippen molar-refractivity contribution in [2.24, 2.45) is 0 Å². The lowest BCUT2D eigenvalue weighted by molar-refractivity contribution is 0.0966.